The quantitative estimate of drug-likeness (QED) is 0.127. The summed E-state index contributed by atoms with van der Waals surface area (Å²) >= 11 is 0. The first-order valence-electron chi connectivity index (χ1n) is 14.5. The Morgan fingerprint density at radius 2 is 1.90 bits per heavy atom. The lowest BCUT2D eigenvalue weighted by atomic mass is 9.46. The van der Waals surface area contributed by atoms with E-state index in [1.165, 1.54) is 0 Å². The molecule has 232 valence electrons. The average Bonchev–Trinajstić information content (AvgIpc) is 3.19. The fourth-order valence-electron chi connectivity index (χ4n) is 8.00. The minimum atomic E-state index is -1.81. The first-order valence-corrected chi connectivity index (χ1v) is 14.5. The summed E-state index contributed by atoms with van der Waals surface area (Å²) in [6, 6.07) is -1.33. The Morgan fingerprint density at radius 3 is 2.62 bits per heavy atom. The summed E-state index contributed by atoms with van der Waals surface area (Å²) in [7, 11) is 0. The number of allylic oxidation sites excluding steroid dienone is 4. The standard InChI is InChI=1S/C29H40N2O11/c1-27-9-7-18(32)13-17(27)5-6-19-20-8-10-29(37,28(20,2)15-22(33)25(19)27)23(34)16-41-24(35)14-21(30)26(36)40-11-3-4-12-42-31(38)39/h7,9,13,19-22,25,33,37H,3-6,8,10-12,14-16,30H2,1-2H3/t19?,20?,21?,22-,25?,27-,28-,29-/m0/s1. The second-order valence-electron chi connectivity index (χ2n) is 12.4. The zero-order valence-corrected chi connectivity index (χ0v) is 24.0. The first kappa shape index (κ1) is 31.8. The largest absolute Gasteiger partial charge is 0.465 e. The molecule has 42 heavy (non-hydrogen) atoms. The minimum absolute atomic E-state index is 0.0349. The Labute approximate surface area is 243 Å². The van der Waals surface area contributed by atoms with Crippen LogP contribution in [0.1, 0.15) is 65.2 Å². The van der Waals surface area contributed by atoms with Gasteiger partial charge in [-0.15, -0.1) is 10.1 Å². The molecule has 0 aliphatic heterocycles. The summed E-state index contributed by atoms with van der Waals surface area (Å²) in [4.78, 5) is 64.0. The topological polar surface area (TPSA) is 206 Å². The van der Waals surface area contributed by atoms with Gasteiger partial charge in [-0.2, -0.15) is 0 Å². The highest BCUT2D eigenvalue weighted by molar-refractivity contribution is 6.01. The number of ether oxygens (including phenoxy) is 2. The zero-order chi connectivity index (χ0) is 30.9. The van der Waals surface area contributed by atoms with Crippen molar-refractivity contribution in [1.29, 1.82) is 0 Å². The number of esters is 2. The smallest absolute Gasteiger partial charge is 0.323 e. The van der Waals surface area contributed by atoms with Gasteiger partial charge >= 0.3 is 11.9 Å². The molecule has 4 aliphatic carbocycles. The third kappa shape index (κ3) is 5.86. The van der Waals surface area contributed by atoms with Crippen molar-refractivity contribution < 1.29 is 48.8 Å². The normalized spacial score (nSPS) is 35.6. The van der Waals surface area contributed by atoms with Crippen LogP contribution in [0.4, 0.5) is 0 Å². The van der Waals surface area contributed by atoms with Crippen molar-refractivity contribution >= 4 is 23.5 Å². The lowest BCUT2D eigenvalue weighted by Crippen LogP contribution is -2.61. The summed E-state index contributed by atoms with van der Waals surface area (Å²) in [5.41, 5.74) is 3.53. The summed E-state index contributed by atoms with van der Waals surface area (Å²) in [5, 5.41) is 32.4. The Hall–Kier alpha value is -3.16. The molecule has 3 saturated carbocycles. The maximum Gasteiger partial charge on any atom is 0.323 e. The summed E-state index contributed by atoms with van der Waals surface area (Å²) in [6.45, 7) is 2.97. The van der Waals surface area contributed by atoms with Gasteiger partial charge < -0.3 is 30.3 Å². The molecule has 0 saturated heterocycles. The molecule has 4 N–H and O–H groups in total. The molecule has 0 aromatic heterocycles. The van der Waals surface area contributed by atoms with Gasteiger partial charge in [0.1, 0.15) is 11.6 Å². The molecule has 4 rings (SSSR count). The van der Waals surface area contributed by atoms with Crippen molar-refractivity contribution in [2.45, 2.75) is 83.0 Å². The molecule has 0 bridgehead atoms. The summed E-state index contributed by atoms with van der Waals surface area (Å²) in [5.74, 6) is -2.64. The molecule has 0 spiro atoms. The third-order valence-electron chi connectivity index (χ3n) is 10.1. The number of carbonyl (C=O) groups is 4. The lowest BCUT2D eigenvalue weighted by Gasteiger charge is -2.59. The van der Waals surface area contributed by atoms with E-state index in [4.69, 9.17) is 15.2 Å². The molecule has 4 aliphatic rings. The summed E-state index contributed by atoms with van der Waals surface area (Å²) < 4.78 is 10.1. The van der Waals surface area contributed by atoms with Crippen LogP contribution in [0.5, 0.6) is 0 Å². The maximum atomic E-state index is 13.4. The van der Waals surface area contributed by atoms with E-state index in [0.29, 0.717) is 19.3 Å². The van der Waals surface area contributed by atoms with Gasteiger partial charge in [-0.05, 0) is 68.9 Å². The number of hydrogen-bond donors (Lipinski definition) is 3. The van der Waals surface area contributed by atoms with E-state index >= 15 is 0 Å². The molecular formula is C29H40N2O11. The molecule has 8 atom stereocenters. The van der Waals surface area contributed by atoms with Crippen LogP contribution in [0.15, 0.2) is 23.8 Å². The van der Waals surface area contributed by atoms with Gasteiger partial charge in [0.05, 0.1) is 25.7 Å². The van der Waals surface area contributed by atoms with Crippen LogP contribution in [0.3, 0.4) is 0 Å². The highest BCUT2D eigenvalue weighted by Gasteiger charge is 2.68. The first-order chi connectivity index (χ1) is 19.7. The highest BCUT2D eigenvalue weighted by atomic mass is 16.9. The fraction of sp³-hybridized carbons (Fsp3) is 0.724. The molecule has 0 amide bonds. The van der Waals surface area contributed by atoms with Crippen LogP contribution in [0, 0.1) is 38.7 Å². The molecular weight excluding hydrogens is 552 g/mol. The number of aliphatic hydroxyl groups is 2. The second kappa shape index (κ2) is 12.2. The summed E-state index contributed by atoms with van der Waals surface area (Å²) in [6.07, 6.45) is 6.73. The number of nitrogens with zero attached hydrogens (tertiary/aromatic N) is 1. The SMILES string of the molecule is C[C@]12C=CC(=O)C=C1CCC1C2[C@@H](O)C[C@@]2(C)C1CC[C@]2(O)C(=O)COC(=O)CC(N)C(=O)OCCCCO[N+](=O)[O-]. The van der Waals surface area contributed by atoms with Gasteiger partial charge in [0.25, 0.3) is 5.09 Å². The number of hydrogen-bond acceptors (Lipinski definition) is 12. The van der Waals surface area contributed by atoms with E-state index in [9.17, 15) is 39.5 Å². The van der Waals surface area contributed by atoms with Crippen molar-refractivity contribution in [3.8, 4) is 0 Å². The molecule has 0 heterocycles. The second-order valence-corrected chi connectivity index (χ2v) is 12.4. The van der Waals surface area contributed by atoms with Crippen molar-refractivity contribution in [2.24, 2.45) is 34.3 Å². The van der Waals surface area contributed by atoms with Crippen molar-refractivity contribution in [1.82, 2.24) is 0 Å². The van der Waals surface area contributed by atoms with Crippen LogP contribution in [-0.4, -0.2) is 76.4 Å². The van der Waals surface area contributed by atoms with Gasteiger partial charge in [-0.25, -0.2) is 0 Å². The van der Waals surface area contributed by atoms with Crippen LogP contribution < -0.4 is 5.73 Å². The molecule has 0 aromatic rings. The zero-order valence-electron chi connectivity index (χ0n) is 24.0. The molecule has 3 fully saturated rings. The number of unbranched alkanes of at least 4 members (excludes halogenated alkanes) is 1. The molecule has 0 aromatic carbocycles. The van der Waals surface area contributed by atoms with Gasteiger partial charge in [0.15, 0.2) is 12.4 Å². The monoisotopic (exact) mass is 592 g/mol. The Balaban J connectivity index is 1.31. The highest BCUT2D eigenvalue weighted by Crippen LogP contribution is 2.67. The van der Waals surface area contributed by atoms with E-state index in [-0.39, 0.29) is 56.0 Å². The van der Waals surface area contributed by atoms with Gasteiger partial charge in [0.2, 0.25) is 5.78 Å². The van der Waals surface area contributed by atoms with Crippen LogP contribution in [-0.2, 0) is 33.5 Å². The van der Waals surface area contributed by atoms with Gasteiger partial charge in [-0.3, -0.25) is 19.2 Å². The van der Waals surface area contributed by atoms with Gasteiger partial charge in [-0.1, -0.05) is 25.5 Å². The van der Waals surface area contributed by atoms with E-state index in [2.05, 4.69) is 4.84 Å². The van der Waals surface area contributed by atoms with E-state index in [1.807, 2.05) is 19.9 Å². The van der Waals surface area contributed by atoms with Crippen molar-refractivity contribution in [2.75, 3.05) is 19.8 Å². The van der Waals surface area contributed by atoms with E-state index < -0.39 is 64.4 Å². The van der Waals surface area contributed by atoms with Crippen molar-refractivity contribution in [3.05, 3.63) is 33.9 Å². The Bertz CT molecular complexity index is 1180. The van der Waals surface area contributed by atoms with E-state index in [0.717, 1.165) is 12.0 Å². The third-order valence-corrected chi connectivity index (χ3v) is 10.1. The number of carbonyl (C=O) groups excluding carboxylic acids is 4. The minimum Gasteiger partial charge on any atom is -0.465 e. The van der Waals surface area contributed by atoms with Crippen molar-refractivity contribution in [3.63, 3.8) is 0 Å². The van der Waals surface area contributed by atoms with Crippen LogP contribution in [0.2, 0.25) is 0 Å². The molecule has 13 heteroatoms. The molecule has 0 radical (unpaired) electrons. The molecule has 13 nitrogen and oxygen atoms in total. The number of nitrogens with two attached hydrogens (primary N) is 1. The number of ketones is 2. The maximum absolute atomic E-state index is 13.4. The fourth-order valence-corrected chi connectivity index (χ4v) is 8.00. The Morgan fingerprint density at radius 1 is 1.19 bits per heavy atom. The number of fused-ring (bicyclic) bond motifs is 5. The van der Waals surface area contributed by atoms with E-state index in [1.54, 1.807) is 12.2 Å². The van der Waals surface area contributed by atoms with Gasteiger partial charge in [0, 0.05) is 16.7 Å². The molecule has 4 unspecified atom stereocenters. The number of Topliss-reactive ketones (excluding diaryl/α,β-unsaturated/α-hetero) is 1. The predicted molar refractivity (Wildman–Crippen MR) is 145 cm³/mol. The van der Waals surface area contributed by atoms with Crippen LogP contribution >= 0.6 is 0 Å². The average molecular weight is 593 g/mol. The predicted octanol–water partition coefficient (Wildman–Crippen LogP) is 1.36. The Kier molecular flexibility index (Phi) is 9.24. The van der Waals surface area contributed by atoms with Crippen LogP contribution in [0.25, 0.3) is 0 Å². The number of rotatable bonds is 12. The number of aliphatic hydroxyl groups excluding tert-OH is 1. The lowest BCUT2D eigenvalue weighted by molar-refractivity contribution is -0.757.